The SMILES string of the molecule is Cc1cc(C(=O)NC[C@@H]2CN(S(C)(=O)=O)CCO2)n[nH]1. The van der Waals surface area contributed by atoms with Gasteiger partial charge in [0.25, 0.3) is 5.91 Å². The lowest BCUT2D eigenvalue weighted by Crippen LogP contribution is -2.49. The minimum Gasteiger partial charge on any atom is -0.374 e. The molecule has 0 unspecified atom stereocenters. The molecule has 0 radical (unpaired) electrons. The standard InChI is InChI=1S/C11H18N4O4S/c1-8-5-10(14-13-8)11(16)12-6-9-7-15(3-4-19-9)20(2,17)18/h5,9H,3-4,6-7H2,1-2H3,(H,12,16)(H,13,14)/t9-/m1/s1. The van der Waals surface area contributed by atoms with Gasteiger partial charge in [0.15, 0.2) is 0 Å². The number of ether oxygens (including phenoxy) is 1. The molecule has 8 nitrogen and oxygen atoms in total. The Morgan fingerprint density at radius 1 is 1.65 bits per heavy atom. The monoisotopic (exact) mass is 302 g/mol. The first-order chi connectivity index (χ1) is 9.36. The van der Waals surface area contributed by atoms with Gasteiger partial charge < -0.3 is 10.1 Å². The number of nitrogens with one attached hydrogen (secondary N) is 2. The second-order valence-corrected chi connectivity index (χ2v) is 6.74. The summed E-state index contributed by atoms with van der Waals surface area (Å²) in [6.45, 7) is 2.98. The van der Waals surface area contributed by atoms with E-state index in [-0.39, 0.29) is 25.1 Å². The molecule has 0 aliphatic carbocycles. The zero-order chi connectivity index (χ0) is 14.8. The van der Waals surface area contributed by atoms with E-state index in [4.69, 9.17) is 4.74 Å². The molecule has 2 rings (SSSR count). The molecule has 112 valence electrons. The van der Waals surface area contributed by atoms with Crippen LogP contribution in [0.1, 0.15) is 16.2 Å². The summed E-state index contributed by atoms with van der Waals surface area (Å²) in [6.07, 6.45) is 0.822. The van der Waals surface area contributed by atoms with Crippen LogP contribution in [0.2, 0.25) is 0 Å². The zero-order valence-corrected chi connectivity index (χ0v) is 12.2. The van der Waals surface area contributed by atoms with E-state index in [1.54, 1.807) is 13.0 Å². The third-order valence-corrected chi connectivity index (χ3v) is 4.27. The number of morpholine rings is 1. The van der Waals surface area contributed by atoms with Gasteiger partial charge in [0.1, 0.15) is 5.69 Å². The van der Waals surface area contributed by atoms with Crippen LogP contribution < -0.4 is 5.32 Å². The molecule has 1 aromatic heterocycles. The van der Waals surface area contributed by atoms with Gasteiger partial charge in [0.2, 0.25) is 10.0 Å². The quantitative estimate of drug-likeness (QED) is 0.750. The van der Waals surface area contributed by atoms with Crippen molar-refractivity contribution in [2.75, 3.05) is 32.5 Å². The Balaban J connectivity index is 1.86. The van der Waals surface area contributed by atoms with Crippen molar-refractivity contribution in [1.29, 1.82) is 0 Å². The van der Waals surface area contributed by atoms with Gasteiger partial charge in [-0.2, -0.15) is 9.40 Å². The second kappa shape index (κ2) is 5.90. The van der Waals surface area contributed by atoms with Crippen LogP contribution in [0.5, 0.6) is 0 Å². The van der Waals surface area contributed by atoms with Crippen molar-refractivity contribution in [3.63, 3.8) is 0 Å². The van der Waals surface area contributed by atoms with E-state index in [1.807, 2.05) is 0 Å². The summed E-state index contributed by atoms with van der Waals surface area (Å²) in [4.78, 5) is 11.8. The minimum atomic E-state index is -3.22. The lowest BCUT2D eigenvalue weighted by Gasteiger charge is -2.31. The van der Waals surface area contributed by atoms with Crippen molar-refractivity contribution in [1.82, 2.24) is 19.8 Å². The van der Waals surface area contributed by atoms with Crippen LogP contribution in [-0.4, -0.2) is 67.4 Å². The number of sulfonamides is 1. The van der Waals surface area contributed by atoms with Gasteiger partial charge in [0.05, 0.1) is 19.0 Å². The molecule has 20 heavy (non-hydrogen) atoms. The number of amides is 1. The predicted molar refractivity (Wildman–Crippen MR) is 71.8 cm³/mol. The fourth-order valence-electron chi connectivity index (χ4n) is 1.95. The van der Waals surface area contributed by atoms with Crippen LogP contribution >= 0.6 is 0 Å². The predicted octanol–water partition coefficient (Wildman–Crippen LogP) is -0.892. The fraction of sp³-hybridized carbons (Fsp3) is 0.636. The molecule has 1 atom stereocenters. The molecule has 1 aromatic rings. The van der Waals surface area contributed by atoms with E-state index in [0.29, 0.717) is 18.8 Å². The highest BCUT2D eigenvalue weighted by Gasteiger charge is 2.26. The normalized spacial score (nSPS) is 20.8. The molecule has 1 aliphatic heterocycles. The Hall–Kier alpha value is -1.45. The van der Waals surface area contributed by atoms with E-state index in [9.17, 15) is 13.2 Å². The highest BCUT2D eigenvalue weighted by molar-refractivity contribution is 7.88. The van der Waals surface area contributed by atoms with Gasteiger partial charge in [-0.15, -0.1) is 0 Å². The summed E-state index contributed by atoms with van der Waals surface area (Å²) in [6, 6.07) is 1.64. The largest absolute Gasteiger partial charge is 0.374 e. The van der Waals surface area contributed by atoms with Crippen LogP contribution in [0.15, 0.2) is 6.07 Å². The number of H-pyrrole nitrogens is 1. The first-order valence-corrected chi connectivity index (χ1v) is 8.08. The first-order valence-electron chi connectivity index (χ1n) is 6.23. The van der Waals surface area contributed by atoms with Gasteiger partial charge in [-0.25, -0.2) is 8.42 Å². The van der Waals surface area contributed by atoms with Crippen LogP contribution in [-0.2, 0) is 14.8 Å². The molecular weight excluding hydrogens is 284 g/mol. The van der Waals surface area contributed by atoms with Crippen molar-refractivity contribution >= 4 is 15.9 Å². The molecule has 0 bridgehead atoms. The van der Waals surface area contributed by atoms with Gasteiger partial charge in [-0.3, -0.25) is 9.89 Å². The number of nitrogens with zero attached hydrogens (tertiary/aromatic N) is 2. The Morgan fingerprint density at radius 2 is 2.40 bits per heavy atom. The lowest BCUT2D eigenvalue weighted by molar-refractivity contribution is 0.000412. The second-order valence-electron chi connectivity index (χ2n) is 4.76. The van der Waals surface area contributed by atoms with Crippen molar-refractivity contribution in [2.45, 2.75) is 13.0 Å². The maximum atomic E-state index is 11.8. The number of carbonyl (C=O) groups excluding carboxylic acids is 1. The molecule has 0 saturated carbocycles. The van der Waals surface area contributed by atoms with E-state index < -0.39 is 10.0 Å². The van der Waals surface area contributed by atoms with Gasteiger partial charge in [-0.05, 0) is 13.0 Å². The number of hydrogen-bond acceptors (Lipinski definition) is 5. The lowest BCUT2D eigenvalue weighted by atomic mass is 10.3. The summed E-state index contributed by atoms with van der Waals surface area (Å²) >= 11 is 0. The third kappa shape index (κ3) is 3.78. The van der Waals surface area contributed by atoms with E-state index >= 15 is 0 Å². The Labute approximate surface area is 117 Å². The van der Waals surface area contributed by atoms with Crippen LogP contribution in [0.4, 0.5) is 0 Å². The van der Waals surface area contributed by atoms with Gasteiger partial charge in [-0.1, -0.05) is 0 Å². The number of hydrogen-bond donors (Lipinski definition) is 2. The zero-order valence-electron chi connectivity index (χ0n) is 11.4. The average molecular weight is 302 g/mol. The summed E-state index contributed by atoms with van der Waals surface area (Å²) in [5, 5.41) is 9.22. The number of aryl methyl sites for hydroxylation is 1. The summed E-state index contributed by atoms with van der Waals surface area (Å²) in [5.41, 5.74) is 1.10. The molecule has 1 aliphatic rings. The summed E-state index contributed by atoms with van der Waals surface area (Å²) in [7, 11) is -3.22. The van der Waals surface area contributed by atoms with Crippen molar-refractivity contribution in [2.24, 2.45) is 0 Å². The van der Waals surface area contributed by atoms with Gasteiger partial charge >= 0.3 is 0 Å². The Bertz CT molecular complexity index is 583. The number of carbonyl (C=O) groups is 1. The number of aromatic nitrogens is 2. The molecule has 9 heteroatoms. The topological polar surface area (TPSA) is 104 Å². The first kappa shape index (κ1) is 14.9. The third-order valence-electron chi connectivity index (χ3n) is 3.00. The van der Waals surface area contributed by atoms with E-state index in [0.717, 1.165) is 5.69 Å². The van der Waals surface area contributed by atoms with Crippen molar-refractivity contribution < 1.29 is 17.9 Å². The van der Waals surface area contributed by atoms with Gasteiger partial charge in [0, 0.05) is 25.3 Å². The fourth-order valence-corrected chi connectivity index (χ4v) is 2.79. The molecule has 1 amide bonds. The molecule has 0 spiro atoms. The maximum Gasteiger partial charge on any atom is 0.271 e. The number of aromatic amines is 1. The van der Waals surface area contributed by atoms with Crippen molar-refractivity contribution in [3.05, 3.63) is 17.5 Å². The Morgan fingerprint density at radius 3 is 3.00 bits per heavy atom. The summed E-state index contributed by atoms with van der Waals surface area (Å²) < 4.78 is 29.7. The minimum absolute atomic E-state index is 0.247. The van der Waals surface area contributed by atoms with E-state index in [1.165, 1.54) is 10.6 Å². The average Bonchev–Trinajstić information content (AvgIpc) is 2.82. The molecular formula is C11H18N4O4S. The highest BCUT2D eigenvalue weighted by atomic mass is 32.2. The molecule has 0 aromatic carbocycles. The van der Waals surface area contributed by atoms with Crippen LogP contribution in [0.25, 0.3) is 0 Å². The number of rotatable bonds is 4. The van der Waals surface area contributed by atoms with Crippen LogP contribution in [0, 0.1) is 6.92 Å². The molecule has 2 N–H and O–H groups in total. The van der Waals surface area contributed by atoms with Crippen molar-refractivity contribution in [3.8, 4) is 0 Å². The van der Waals surface area contributed by atoms with Crippen LogP contribution in [0.3, 0.4) is 0 Å². The molecule has 2 heterocycles. The Kier molecular flexibility index (Phi) is 4.41. The smallest absolute Gasteiger partial charge is 0.271 e. The molecule has 1 fully saturated rings. The van der Waals surface area contributed by atoms with E-state index in [2.05, 4.69) is 15.5 Å². The molecule has 1 saturated heterocycles. The maximum absolute atomic E-state index is 11.8. The highest BCUT2D eigenvalue weighted by Crippen LogP contribution is 2.08. The summed E-state index contributed by atoms with van der Waals surface area (Å²) in [5.74, 6) is -0.311.